The number of hydrogen-bond acceptors (Lipinski definition) is 4. The van der Waals surface area contributed by atoms with Crippen LogP contribution in [0.15, 0.2) is 29.1 Å². The second-order valence-corrected chi connectivity index (χ2v) is 6.71. The number of alkyl halides is 3. The van der Waals surface area contributed by atoms with Gasteiger partial charge in [-0.15, -0.1) is 0 Å². The van der Waals surface area contributed by atoms with Gasteiger partial charge in [-0.1, -0.05) is 39.8 Å². The van der Waals surface area contributed by atoms with Crippen LogP contribution in [0.1, 0.15) is 56.4 Å². The molecule has 2 aromatic heterocycles. The van der Waals surface area contributed by atoms with Crippen molar-refractivity contribution < 1.29 is 18.3 Å². The molecule has 0 aliphatic rings. The van der Waals surface area contributed by atoms with Crippen LogP contribution in [-0.4, -0.2) is 24.9 Å². The van der Waals surface area contributed by atoms with E-state index in [1.165, 1.54) is 16.8 Å². The molecule has 0 aliphatic carbocycles. The first kappa shape index (κ1) is 22.6. The lowest BCUT2D eigenvalue weighted by molar-refractivity contribution is -0.137. The number of rotatable bonds is 4. The van der Waals surface area contributed by atoms with Gasteiger partial charge in [-0.25, -0.2) is 9.67 Å². The number of fused-ring (bicyclic) bond motifs is 1. The van der Waals surface area contributed by atoms with E-state index in [2.05, 4.69) is 15.1 Å². The zero-order valence-corrected chi connectivity index (χ0v) is 17.0. The molecule has 0 amide bonds. The van der Waals surface area contributed by atoms with Gasteiger partial charge in [0.15, 0.2) is 5.65 Å². The predicted octanol–water partition coefficient (Wildman–Crippen LogP) is 4.21. The molecule has 2 N–H and O–H groups in total. The third-order valence-corrected chi connectivity index (χ3v) is 4.38. The Balaban J connectivity index is 0.00000145. The van der Waals surface area contributed by atoms with E-state index in [4.69, 9.17) is 0 Å². The van der Waals surface area contributed by atoms with Crippen LogP contribution in [0.4, 0.5) is 13.2 Å². The molecule has 9 heteroatoms. The highest BCUT2D eigenvalue weighted by molar-refractivity contribution is 5.77. The lowest BCUT2D eigenvalue weighted by atomic mass is 9.95. The lowest BCUT2D eigenvalue weighted by Gasteiger charge is -2.23. The van der Waals surface area contributed by atoms with Gasteiger partial charge in [0, 0.05) is 0 Å². The van der Waals surface area contributed by atoms with Crippen molar-refractivity contribution in [3.05, 3.63) is 57.3 Å². The highest BCUT2D eigenvalue weighted by atomic mass is 19.4. The number of H-pyrrole nitrogens is 1. The molecule has 29 heavy (non-hydrogen) atoms. The predicted molar refractivity (Wildman–Crippen MR) is 105 cm³/mol. The van der Waals surface area contributed by atoms with Crippen LogP contribution in [0.25, 0.3) is 11.0 Å². The molecule has 3 aromatic rings. The Morgan fingerprint density at radius 1 is 1.17 bits per heavy atom. The summed E-state index contributed by atoms with van der Waals surface area (Å²) in [5.41, 5.74) is -0.0786. The topological polar surface area (TPSA) is 83.8 Å². The molecule has 0 aliphatic heterocycles. The van der Waals surface area contributed by atoms with E-state index >= 15 is 0 Å². The number of aliphatic hydroxyl groups is 1. The number of benzene rings is 1. The molecule has 158 valence electrons. The average Bonchev–Trinajstić information content (AvgIpc) is 3.01. The van der Waals surface area contributed by atoms with Gasteiger partial charge < -0.3 is 10.1 Å². The number of nitrogens with one attached hydrogen (secondary N) is 1. The van der Waals surface area contributed by atoms with Crippen molar-refractivity contribution in [3.63, 3.8) is 0 Å². The van der Waals surface area contributed by atoms with E-state index in [1.54, 1.807) is 6.92 Å². The largest absolute Gasteiger partial charge is 0.416 e. The van der Waals surface area contributed by atoms with Crippen LogP contribution in [0.5, 0.6) is 0 Å². The summed E-state index contributed by atoms with van der Waals surface area (Å²) in [5.74, 6) is 0.325. The smallest absolute Gasteiger partial charge is 0.390 e. The van der Waals surface area contributed by atoms with Gasteiger partial charge in [-0.3, -0.25) is 4.79 Å². The van der Waals surface area contributed by atoms with Gasteiger partial charge in [0.05, 0.1) is 18.2 Å². The van der Waals surface area contributed by atoms with Crippen molar-refractivity contribution in [2.24, 2.45) is 5.92 Å². The van der Waals surface area contributed by atoms with Crippen molar-refractivity contribution in [2.75, 3.05) is 0 Å². The van der Waals surface area contributed by atoms with Gasteiger partial charge in [0.25, 0.3) is 5.56 Å². The first-order valence-electron chi connectivity index (χ1n) is 9.39. The molecule has 1 atom stereocenters. The molecule has 0 spiro atoms. The van der Waals surface area contributed by atoms with Crippen LogP contribution >= 0.6 is 0 Å². The first-order chi connectivity index (χ1) is 13.6. The Labute approximate surface area is 166 Å². The molecule has 1 aromatic carbocycles. The highest BCUT2D eigenvalue weighted by Gasteiger charge is 2.31. The van der Waals surface area contributed by atoms with E-state index in [0.717, 1.165) is 12.1 Å². The molecule has 0 radical (unpaired) electrons. The van der Waals surface area contributed by atoms with Gasteiger partial charge >= 0.3 is 6.18 Å². The van der Waals surface area contributed by atoms with Crippen LogP contribution in [-0.2, 0) is 12.8 Å². The van der Waals surface area contributed by atoms with Crippen molar-refractivity contribution in [1.29, 1.82) is 0 Å². The SMILES string of the molecule is CC.Cc1nc2c(c(CO)nn2C(c2ccc(C(F)(F)F)cc2)C(C)C)c(=O)[nH]1. The number of nitrogens with zero attached hydrogens (tertiary/aromatic N) is 3. The highest BCUT2D eigenvalue weighted by Crippen LogP contribution is 2.33. The summed E-state index contributed by atoms with van der Waals surface area (Å²) in [6, 6.07) is 4.40. The lowest BCUT2D eigenvalue weighted by Crippen LogP contribution is -2.20. The monoisotopic (exact) mass is 410 g/mol. The average molecular weight is 410 g/mol. The molecule has 0 fully saturated rings. The molecular formula is C20H25F3N4O2. The third kappa shape index (κ3) is 4.50. The minimum absolute atomic E-state index is 0.0576. The maximum absolute atomic E-state index is 12.9. The molecule has 3 rings (SSSR count). The first-order valence-corrected chi connectivity index (χ1v) is 9.39. The van der Waals surface area contributed by atoms with E-state index in [1.807, 2.05) is 27.7 Å². The minimum Gasteiger partial charge on any atom is -0.390 e. The number of halogens is 3. The molecule has 6 nitrogen and oxygen atoms in total. The number of aromatic amines is 1. The van der Waals surface area contributed by atoms with Gasteiger partial charge in [-0.2, -0.15) is 18.3 Å². The molecule has 0 saturated heterocycles. The van der Waals surface area contributed by atoms with Gasteiger partial charge in [0.1, 0.15) is 16.9 Å². The minimum atomic E-state index is -4.42. The maximum atomic E-state index is 12.9. The number of aromatic nitrogens is 4. The standard InChI is InChI=1S/C18H19F3N4O2.C2H6/c1-9(2)15(11-4-6-12(7-5-11)18(19,20)21)25-16-14(13(8-26)24-25)17(27)23-10(3)22-16;1-2/h4-7,9,15,26H,8H2,1-3H3,(H,22,23,27);1-2H3. The number of hydrogen-bond donors (Lipinski definition) is 2. The van der Waals surface area contributed by atoms with Crippen molar-refractivity contribution in [2.45, 2.75) is 53.4 Å². The Bertz CT molecular complexity index is 1020. The fourth-order valence-electron chi connectivity index (χ4n) is 3.21. The molecular weight excluding hydrogens is 385 g/mol. The van der Waals surface area contributed by atoms with Gasteiger partial charge in [0.2, 0.25) is 0 Å². The molecule has 2 heterocycles. The summed E-state index contributed by atoms with van der Waals surface area (Å²) < 4.78 is 40.1. The van der Waals surface area contributed by atoms with Crippen molar-refractivity contribution in [3.8, 4) is 0 Å². The molecule has 1 unspecified atom stereocenters. The fraction of sp³-hybridized carbons (Fsp3) is 0.450. The van der Waals surface area contributed by atoms with E-state index in [0.29, 0.717) is 17.0 Å². The van der Waals surface area contributed by atoms with Crippen LogP contribution in [0.2, 0.25) is 0 Å². The van der Waals surface area contributed by atoms with E-state index in [9.17, 15) is 23.1 Å². The summed E-state index contributed by atoms with van der Waals surface area (Å²) in [6.45, 7) is 8.97. The Morgan fingerprint density at radius 3 is 2.24 bits per heavy atom. The van der Waals surface area contributed by atoms with Gasteiger partial charge in [-0.05, 0) is 30.5 Å². The Morgan fingerprint density at radius 2 is 1.76 bits per heavy atom. The van der Waals surface area contributed by atoms with Crippen LogP contribution in [0.3, 0.4) is 0 Å². The molecule has 0 bridgehead atoms. The third-order valence-electron chi connectivity index (χ3n) is 4.38. The summed E-state index contributed by atoms with van der Waals surface area (Å²) >= 11 is 0. The summed E-state index contributed by atoms with van der Waals surface area (Å²) in [7, 11) is 0. The normalized spacial score (nSPS) is 12.8. The maximum Gasteiger partial charge on any atom is 0.416 e. The summed E-state index contributed by atoms with van der Waals surface area (Å²) in [4.78, 5) is 19.2. The Hall–Kier alpha value is -2.68. The second kappa shape index (κ2) is 8.77. The van der Waals surface area contributed by atoms with E-state index < -0.39 is 29.9 Å². The van der Waals surface area contributed by atoms with E-state index in [-0.39, 0.29) is 17.0 Å². The van der Waals surface area contributed by atoms with Crippen LogP contribution < -0.4 is 5.56 Å². The zero-order chi connectivity index (χ0) is 21.9. The number of aryl methyl sites for hydroxylation is 1. The molecule has 0 saturated carbocycles. The van der Waals surface area contributed by atoms with Crippen molar-refractivity contribution >= 4 is 11.0 Å². The van der Waals surface area contributed by atoms with Crippen molar-refractivity contribution in [1.82, 2.24) is 19.7 Å². The van der Waals surface area contributed by atoms with Crippen LogP contribution in [0, 0.1) is 12.8 Å². The summed E-state index contributed by atoms with van der Waals surface area (Å²) in [5, 5.41) is 14.1. The Kier molecular flexibility index (Phi) is 6.84. The zero-order valence-electron chi connectivity index (χ0n) is 17.0. The quantitative estimate of drug-likeness (QED) is 0.675. The fourth-order valence-corrected chi connectivity index (χ4v) is 3.21. The second-order valence-electron chi connectivity index (χ2n) is 6.71. The number of aliphatic hydroxyl groups excluding tert-OH is 1. The summed E-state index contributed by atoms with van der Waals surface area (Å²) in [6.07, 6.45) is -4.42.